The third kappa shape index (κ3) is 2.04. The normalized spacial score (nSPS) is 25.9. The van der Waals surface area contributed by atoms with Crippen LogP contribution in [0.3, 0.4) is 0 Å². The van der Waals surface area contributed by atoms with E-state index in [4.69, 9.17) is 5.73 Å². The maximum Gasteiger partial charge on any atom is 0.229 e. The van der Waals surface area contributed by atoms with Crippen molar-refractivity contribution in [2.24, 2.45) is 17.1 Å². The van der Waals surface area contributed by atoms with Crippen LogP contribution in [0.15, 0.2) is 0 Å². The molecule has 1 unspecified atom stereocenters. The summed E-state index contributed by atoms with van der Waals surface area (Å²) in [6.07, 6.45) is 3.22. The van der Waals surface area contributed by atoms with Gasteiger partial charge in [0.05, 0.1) is 0 Å². The highest BCUT2D eigenvalue weighted by Gasteiger charge is 2.51. The number of likely N-dealkylation sites (tertiary alicyclic amines) is 1. The SMILES string of the molecule is CC(CN)CN1C(=O)CC2(CC2)CC1=O. The Labute approximate surface area is 89.8 Å². The van der Waals surface area contributed by atoms with Gasteiger partial charge in [-0.2, -0.15) is 0 Å². The lowest BCUT2D eigenvalue weighted by Gasteiger charge is -2.31. The molecule has 2 fully saturated rings. The van der Waals surface area contributed by atoms with Crippen molar-refractivity contribution < 1.29 is 9.59 Å². The highest BCUT2D eigenvalue weighted by atomic mass is 16.2. The summed E-state index contributed by atoms with van der Waals surface area (Å²) in [6.45, 7) is 2.97. The van der Waals surface area contributed by atoms with E-state index in [0.29, 0.717) is 25.9 Å². The summed E-state index contributed by atoms with van der Waals surface area (Å²) < 4.78 is 0. The van der Waals surface area contributed by atoms with E-state index in [2.05, 4.69) is 0 Å². The molecule has 1 saturated carbocycles. The molecule has 0 aromatic rings. The fourth-order valence-corrected chi connectivity index (χ4v) is 2.15. The van der Waals surface area contributed by atoms with Crippen LogP contribution in [0.2, 0.25) is 0 Å². The minimum atomic E-state index is 0.00375. The summed E-state index contributed by atoms with van der Waals surface area (Å²) in [4.78, 5) is 25.0. The van der Waals surface area contributed by atoms with Crippen LogP contribution in [0, 0.1) is 11.3 Å². The van der Waals surface area contributed by atoms with Crippen molar-refractivity contribution in [2.45, 2.75) is 32.6 Å². The fourth-order valence-electron chi connectivity index (χ4n) is 2.15. The molecule has 1 aliphatic heterocycles. The third-order valence-electron chi connectivity index (χ3n) is 3.51. The number of carbonyl (C=O) groups excluding carboxylic acids is 2. The number of imide groups is 1. The Morgan fingerprint density at radius 1 is 1.33 bits per heavy atom. The molecule has 1 spiro atoms. The van der Waals surface area contributed by atoms with Gasteiger partial charge in [-0.1, -0.05) is 6.92 Å². The van der Waals surface area contributed by atoms with E-state index in [1.807, 2.05) is 6.92 Å². The molecular weight excluding hydrogens is 192 g/mol. The smallest absolute Gasteiger partial charge is 0.229 e. The average molecular weight is 210 g/mol. The van der Waals surface area contributed by atoms with Gasteiger partial charge in [0.25, 0.3) is 0 Å². The number of hydrogen-bond donors (Lipinski definition) is 1. The molecule has 2 N–H and O–H groups in total. The third-order valence-corrected chi connectivity index (χ3v) is 3.51. The molecule has 1 heterocycles. The molecule has 2 aliphatic rings. The lowest BCUT2D eigenvalue weighted by Crippen LogP contribution is -2.46. The predicted molar refractivity (Wildman–Crippen MR) is 55.8 cm³/mol. The van der Waals surface area contributed by atoms with Crippen molar-refractivity contribution in [1.82, 2.24) is 4.90 Å². The molecule has 0 radical (unpaired) electrons. The maximum atomic E-state index is 11.8. The van der Waals surface area contributed by atoms with Crippen LogP contribution >= 0.6 is 0 Å². The predicted octanol–water partition coefficient (Wildman–Crippen LogP) is 0.510. The second kappa shape index (κ2) is 3.59. The molecule has 1 saturated heterocycles. The topological polar surface area (TPSA) is 63.4 Å². The van der Waals surface area contributed by atoms with Gasteiger partial charge in [-0.05, 0) is 30.7 Å². The number of amides is 2. The highest BCUT2D eigenvalue weighted by Crippen LogP contribution is 2.54. The first-order valence-corrected chi connectivity index (χ1v) is 5.60. The van der Waals surface area contributed by atoms with Crippen LogP contribution in [0.25, 0.3) is 0 Å². The second-order valence-electron chi connectivity index (χ2n) is 5.09. The standard InChI is InChI=1S/C11H18N2O2/c1-8(6-12)7-13-9(14)4-11(2-3-11)5-10(13)15/h8H,2-7,12H2,1H3. The van der Waals surface area contributed by atoms with E-state index in [9.17, 15) is 9.59 Å². The highest BCUT2D eigenvalue weighted by molar-refractivity contribution is 5.99. The van der Waals surface area contributed by atoms with Gasteiger partial charge in [0.2, 0.25) is 11.8 Å². The number of piperidine rings is 1. The summed E-state index contributed by atoms with van der Waals surface area (Å²) in [7, 11) is 0. The Bertz CT molecular complexity index is 277. The van der Waals surface area contributed by atoms with Crippen LogP contribution in [-0.4, -0.2) is 29.8 Å². The second-order valence-corrected chi connectivity index (χ2v) is 5.09. The minimum absolute atomic E-state index is 0.00375. The zero-order valence-electron chi connectivity index (χ0n) is 9.16. The quantitative estimate of drug-likeness (QED) is 0.690. The molecule has 2 rings (SSSR count). The van der Waals surface area contributed by atoms with E-state index in [1.165, 1.54) is 4.90 Å². The first-order chi connectivity index (χ1) is 7.06. The Balaban J connectivity index is 2.00. The molecule has 1 aliphatic carbocycles. The molecule has 0 aromatic carbocycles. The molecule has 0 aromatic heterocycles. The first-order valence-electron chi connectivity index (χ1n) is 5.60. The van der Waals surface area contributed by atoms with Gasteiger partial charge in [-0.15, -0.1) is 0 Å². The van der Waals surface area contributed by atoms with E-state index < -0.39 is 0 Å². The zero-order valence-corrected chi connectivity index (χ0v) is 9.16. The molecule has 4 heteroatoms. The van der Waals surface area contributed by atoms with Gasteiger partial charge >= 0.3 is 0 Å². The van der Waals surface area contributed by atoms with Crippen molar-refractivity contribution in [1.29, 1.82) is 0 Å². The monoisotopic (exact) mass is 210 g/mol. The van der Waals surface area contributed by atoms with Crippen molar-refractivity contribution in [3.05, 3.63) is 0 Å². The van der Waals surface area contributed by atoms with Gasteiger partial charge in [-0.3, -0.25) is 14.5 Å². The van der Waals surface area contributed by atoms with E-state index in [0.717, 1.165) is 12.8 Å². The van der Waals surface area contributed by atoms with Crippen LogP contribution in [0.1, 0.15) is 32.6 Å². The molecule has 84 valence electrons. The van der Waals surface area contributed by atoms with E-state index >= 15 is 0 Å². The molecule has 4 nitrogen and oxygen atoms in total. The summed E-state index contributed by atoms with van der Waals surface area (Å²) in [6, 6.07) is 0. The van der Waals surface area contributed by atoms with Gasteiger partial charge in [0, 0.05) is 19.4 Å². The summed E-state index contributed by atoms with van der Waals surface area (Å²) in [5.74, 6) is 0.208. The lowest BCUT2D eigenvalue weighted by molar-refractivity contribution is -0.151. The Hall–Kier alpha value is -0.900. The van der Waals surface area contributed by atoms with Crippen LogP contribution < -0.4 is 5.73 Å². The number of rotatable bonds is 3. The van der Waals surface area contributed by atoms with Crippen LogP contribution in [0.4, 0.5) is 0 Å². The summed E-state index contributed by atoms with van der Waals surface area (Å²) in [5.41, 5.74) is 5.56. The molecule has 0 bridgehead atoms. The maximum absolute atomic E-state index is 11.8. The number of nitrogens with zero attached hydrogens (tertiary/aromatic N) is 1. The lowest BCUT2D eigenvalue weighted by atomic mass is 9.92. The largest absolute Gasteiger partial charge is 0.330 e. The van der Waals surface area contributed by atoms with Crippen molar-refractivity contribution >= 4 is 11.8 Å². The van der Waals surface area contributed by atoms with E-state index in [-0.39, 0.29) is 23.1 Å². The van der Waals surface area contributed by atoms with Gasteiger partial charge in [-0.25, -0.2) is 0 Å². The molecular formula is C11H18N2O2. The number of carbonyl (C=O) groups is 2. The fraction of sp³-hybridized carbons (Fsp3) is 0.818. The number of nitrogens with two attached hydrogens (primary N) is 1. The van der Waals surface area contributed by atoms with Gasteiger partial charge in [0.15, 0.2) is 0 Å². The van der Waals surface area contributed by atoms with Gasteiger partial charge in [0.1, 0.15) is 0 Å². The Morgan fingerprint density at radius 3 is 2.27 bits per heavy atom. The zero-order chi connectivity index (χ0) is 11.1. The average Bonchev–Trinajstić information content (AvgIpc) is 2.91. The van der Waals surface area contributed by atoms with Crippen molar-refractivity contribution in [3.8, 4) is 0 Å². The van der Waals surface area contributed by atoms with Crippen molar-refractivity contribution in [3.63, 3.8) is 0 Å². The Morgan fingerprint density at radius 2 is 1.87 bits per heavy atom. The van der Waals surface area contributed by atoms with E-state index in [1.54, 1.807) is 0 Å². The first kappa shape index (κ1) is 10.6. The van der Waals surface area contributed by atoms with Crippen molar-refractivity contribution in [2.75, 3.05) is 13.1 Å². The molecule has 1 atom stereocenters. The summed E-state index contributed by atoms with van der Waals surface area (Å²) >= 11 is 0. The Kier molecular flexibility index (Phi) is 2.54. The van der Waals surface area contributed by atoms with Crippen LogP contribution in [-0.2, 0) is 9.59 Å². The van der Waals surface area contributed by atoms with Gasteiger partial charge < -0.3 is 5.73 Å². The summed E-state index contributed by atoms with van der Waals surface area (Å²) in [5, 5.41) is 0. The molecule has 15 heavy (non-hydrogen) atoms. The van der Waals surface area contributed by atoms with Crippen LogP contribution in [0.5, 0.6) is 0 Å². The molecule has 2 amide bonds. The number of hydrogen-bond acceptors (Lipinski definition) is 3. The minimum Gasteiger partial charge on any atom is -0.330 e.